The SMILES string of the molecule is COc1ccccc1CCNC(=O)[C@@H]1CCCN(C(=O)CCc2c[nH]c3ccccc23)C1. The predicted octanol–water partition coefficient (Wildman–Crippen LogP) is 3.71. The van der Waals surface area contributed by atoms with Crippen molar-refractivity contribution < 1.29 is 14.3 Å². The van der Waals surface area contributed by atoms with Crippen molar-refractivity contribution in [2.75, 3.05) is 26.7 Å². The molecule has 32 heavy (non-hydrogen) atoms. The van der Waals surface area contributed by atoms with Gasteiger partial charge in [-0.15, -0.1) is 0 Å². The summed E-state index contributed by atoms with van der Waals surface area (Å²) in [6, 6.07) is 16.0. The van der Waals surface area contributed by atoms with Gasteiger partial charge >= 0.3 is 0 Å². The van der Waals surface area contributed by atoms with Crippen LogP contribution in [0.5, 0.6) is 5.75 Å². The zero-order chi connectivity index (χ0) is 22.3. The van der Waals surface area contributed by atoms with Gasteiger partial charge in [-0.2, -0.15) is 0 Å². The second-order valence-corrected chi connectivity index (χ2v) is 8.39. The number of nitrogens with one attached hydrogen (secondary N) is 2. The maximum Gasteiger partial charge on any atom is 0.224 e. The molecule has 1 aliphatic rings. The number of carbonyl (C=O) groups excluding carboxylic acids is 2. The lowest BCUT2D eigenvalue weighted by Crippen LogP contribution is -2.45. The number of fused-ring (bicyclic) bond motifs is 1. The van der Waals surface area contributed by atoms with E-state index in [0.29, 0.717) is 25.9 Å². The Morgan fingerprint density at radius 2 is 1.91 bits per heavy atom. The van der Waals surface area contributed by atoms with Gasteiger partial charge in [-0.3, -0.25) is 9.59 Å². The number of hydrogen-bond acceptors (Lipinski definition) is 3. The van der Waals surface area contributed by atoms with Crippen LogP contribution in [0.3, 0.4) is 0 Å². The highest BCUT2D eigenvalue weighted by atomic mass is 16.5. The largest absolute Gasteiger partial charge is 0.496 e. The van der Waals surface area contributed by atoms with Crippen molar-refractivity contribution in [2.24, 2.45) is 5.92 Å². The first-order valence-corrected chi connectivity index (χ1v) is 11.4. The molecule has 4 rings (SSSR count). The quantitative estimate of drug-likeness (QED) is 0.569. The lowest BCUT2D eigenvalue weighted by Gasteiger charge is -2.32. The third kappa shape index (κ3) is 5.13. The van der Waals surface area contributed by atoms with Crippen molar-refractivity contribution in [3.8, 4) is 5.75 Å². The maximum atomic E-state index is 12.8. The number of nitrogens with zero attached hydrogens (tertiary/aromatic N) is 1. The molecule has 0 saturated carbocycles. The minimum atomic E-state index is -0.140. The first-order chi connectivity index (χ1) is 15.7. The van der Waals surface area contributed by atoms with Crippen molar-refractivity contribution in [3.63, 3.8) is 0 Å². The van der Waals surface area contributed by atoms with Gasteiger partial charge in [0.2, 0.25) is 11.8 Å². The van der Waals surface area contributed by atoms with Gasteiger partial charge in [-0.05, 0) is 48.9 Å². The summed E-state index contributed by atoms with van der Waals surface area (Å²) in [4.78, 5) is 30.7. The summed E-state index contributed by atoms with van der Waals surface area (Å²) in [6.07, 6.45) is 5.57. The number of methoxy groups -OCH3 is 1. The van der Waals surface area contributed by atoms with Crippen molar-refractivity contribution >= 4 is 22.7 Å². The molecule has 2 aromatic carbocycles. The van der Waals surface area contributed by atoms with Crippen LogP contribution in [0.25, 0.3) is 10.9 Å². The van der Waals surface area contributed by atoms with Crippen LogP contribution in [0.1, 0.15) is 30.4 Å². The average molecular weight is 434 g/mol. The molecule has 168 valence electrons. The van der Waals surface area contributed by atoms with E-state index in [4.69, 9.17) is 4.74 Å². The molecule has 0 aliphatic carbocycles. The van der Waals surface area contributed by atoms with Crippen LogP contribution in [0, 0.1) is 5.92 Å². The van der Waals surface area contributed by atoms with Gasteiger partial charge in [0.15, 0.2) is 0 Å². The molecule has 3 aromatic rings. The van der Waals surface area contributed by atoms with E-state index >= 15 is 0 Å². The fraction of sp³-hybridized carbons (Fsp3) is 0.385. The van der Waals surface area contributed by atoms with E-state index in [0.717, 1.165) is 48.2 Å². The fourth-order valence-electron chi connectivity index (χ4n) is 4.53. The number of aromatic nitrogens is 1. The van der Waals surface area contributed by atoms with Gasteiger partial charge in [-0.25, -0.2) is 0 Å². The molecule has 2 N–H and O–H groups in total. The van der Waals surface area contributed by atoms with E-state index in [1.807, 2.05) is 53.6 Å². The van der Waals surface area contributed by atoms with E-state index in [-0.39, 0.29) is 17.7 Å². The van der Waals surface area contributed by atoms with Crippen LogP contribution >= 0.6 is 0 Å². The van der Waals surface area contributed by atoms with Gasteiger partial charge in [0.05, 0.1) is 13.0 Å². The van der Waals surface area contributed by atoms with Crippen LogP contribution < -0.4 is 10.1 Å². The minimum absolute atomic E-state index is 0.0361. The molecule has 2 heterocycles. The molecule has 1 aliphatic heterocycles. The number of aromatic amines is 1. The van der Waals surface area contributed by atoms with Crippen LogP contribution in [0.2, 0.25) is 0 Å². The molecule has 1 saturated heterocycles. The third-order valence-corrected chi connectivity index (χ3v) is 6.31. The van der Waals surface area contributed by atoms with E-state index in [1.165, 1.54) is 5.39 Å². The van der Waals surface area contributed by atoms with E-state index in [1.54, 1.807) is 7.11 Å². The molecule has 0 unspecified atom stereocenters. The molecule has 6 nitrogen and oxygen atoms in total. The number of aryl methyl sites for hydroxylation is 1. The number of likely N-dealkylation sites (tertiary alicyclic amines) is 1. The first kappa shape index (κ1) is 21.9. The molecule has 0 radical (unpaired) electrons. The highest BCUT2D eigenvalue weighted by molar-refractivity contribution is 5.84. The lowest BCUT2D eigenvalue weighted by atomic mass is 9.96. The summed E-state index contributed by atoms with van der Waals surface area (Å²) in [7, 11) is 1.66. The molecular weight excluding hydrogens is 402 g/mol. The number of rotatable bonds is 8. The topological polar surface area (TPSA) is 74.4 Å². The van der Waals surface area contributed by atoms with E-state index in [9.17, 15) is 9.59 Å². The molecule has 1 aromatic heterocycles. The number of ether oxygens (including phenoxy) is 1. The number of hydrogen-bond donors (Lipinski definition) is 2. The smallest absolute Gasteiger partial charge is 0.224 e. The Morgan fingerprint density at radius 3 is 2.78 bits per heavy atom. The molecule has 0 bridgehead atoms. The zero-order valence-corrected chi connectivity index (χ0v) is 18.6. The first-order valence-electron chi connectivity index (χ1n) is 11.4. The maximum absolute atomic E-state index is 12.8. The minimum Gasteiger partial charge on any atom is -0.496 e. The van der Waals surface area contributed by atoms with E-state index < -0.39 is 0 Å². The monoisotopic (exact) mass is 433 g/mol. The summed E-state index contributed by atoms with van der Waals surface area (Å²) >= 11 is 0. The summed E-state index contributed by atoms with van der Waals surface area (Å²) in [6.45, 7) is 1.80. The Hall–Kier alpha value is -3.28. The number of amides is 2. The summed E-state index contributed by atoms with van der Waals surface area (Å²) in [5, 5.41) is 4.22. The second-order valence-electron chi connectivity index (χ2n) is 8.39. The standard InChI is InChI=1S/C26H31N3O3/c1-32-24-11-5-2-7-19(24)14-15-27-26(31)21-8-6-16-29(18-21)25(30)13-12-20-17-28-23-10-4-3-9-22(20)23/h2-5,7,9-11,17,21,28H,6,8,12-16,18H2,1H3,(H,27,31)/t21-/m1/s1. The number of H-pyrrole nitrogens is 1. The van der Waals surface area contributed by atoms with Crippen LogP contribution in [0.4, 0.5) is 0 Å². The Labute approximate surface area is 188 Å². The van der Waals surface area contributed by atoms with Gasteiger partial charge in [0.25, 0.3) is 0 Å². The number of para-hydroxylation sites is 2. The summed E-state index contributed by atoms with van der Waals surface area (Å²) in [5.74, 6) is 0.862. The fourth-order valence-corrected chi connectivity index (χ4v) is 4.53. The average Bonchev–Trinajstić information content (AvgIpc) is 3.26. The van der Waals surface area contributed by atoms with Crippen LogP contribution in [0.15, 0.2) is 54.7 Å². The highest BCUT2D eigenvalue weighted by Crippen LogP contribution is 2.22. The normalized spacial score (nSPS) is 16.2. The van der Waals surface area contributed by atoms with Gasteiger partial charge < -0.3 is 19.9 Å². The van der Waals surface area contributed by atoms with Crippen molar-refractivity contribution in [1.29, 1.82) is 0 Å². The predicted molar refractivity (Wildman–Crippen MR) is 126 cm³/mol. The van der Waals surface area contributed by atoms with Gasteiger partial charge in [0.1, 0.15) is 5.75 Å². The van der Waals surface area contributed by atoms with Crippen LogP contribution in [-0.2, 0) is 22.4 Å². The van der Waals surface area contributed by atoms with E-state index in [2.05, 4.69) is 16.4 Å². The summed E-state index contributed by atoms with van der Waals surface area (Å²) < 4.78 is 5.37. The molecule has 0 spiro atoms. The Kier molecular flexibility index (Phi) is 7.10. The highest BCUT2D eigenvalue weighted by Gasteiger charge is 2.28. The number of carbonyl (C=O) groups is 2. The van der Waals surface area contributed by atoms with Gasteiger partial charge in [0, 0.05) is 43.2 Å². The van der Waals surface area contributed by atoms with Gasteiger partial charge in [-0.1, -0.05) is 36.4 Å². The third-order valence-electron chi connectivity index (χ3n) is 6.31. The Balaban J connectivity index is 1.26. The van der Waals surface area contributed by atoms with Crippen molar-refractivity contribution in [1.82, 2.24) is 15.2 Å². The molecule has 1 atom stereocenters. The number of benzene rings is 2. The van der Waals surface area contributed by atoms with Crippen molar-refractivity contribution in [3.05, 3.63) is 65.9 Å². The molecule has 6 heteroatoms. The Bertz CT molecular complexity index is 1070. The Morgan fingerprint density at radius 1 is 1.09 bits per heavy atom. The summed E-state index contributed by atoms with van der Waals surface area (Å²) in [5.41, 5.74) is 3.34. The van der Waals surface area contributed by atoms with Crippen LogP contribution in [-0.4, -0.2) is 48.4 Å². The molecule has 2 amide bonds. The molecule has 1 fully saturated rings. The second kappa shape index (κ2) is 10.4. The number of piperidine rings is 1. The van der Waals surface area contributed by atoms with Crippen molar-refractivity contribution in [2.45, 2.75) is 32.1 Å². The molecular formula is C26H31N3O3. The zero-order valence-electron chi connectivity index (χ0n) is 18.6. The lowest BCUT2D eigenvalue weighted by molar-refractivity contribution is -0.135.